The number of aromatic amines is 2. The van der Waals surface area contributed by atoms with Gasteiger partial charge < -0.3 is 20.3 Å². The number of fused-ring (bicyclic) bond motifs is 2. The Morgan fingerprint density at radius 2 is 2.12 bits per heavy atom. The zero-order chi connectivity index (χ0) is 21.9. The highest BCUT2D eigenvalue weighted by Gasteiger charge is 2.18. The van der Waals surface area contributed by atoms with Crippen molar-refractivity contribution in [3.8, 4) is 11.1 Å². The van der Waals surface area contributed by atoms with Crippen molar-refractivity contribution in [1.82, 2.24) is 20.1 Å². The number of hydrogen-bond acceptors (Lipinski definition) is 6. The summed E-state index contributed by atoms with van der Waals surface area (Å²) in [5.41, 5.74) is 4.84. The summed E-state index contributed by atoms with van der Waals surface area (Å²) in [5, 5.41) is 13.3. The summed E-state index contributed by atoms with van der Waals surface area (Å²) >= 11 is 0. The zero-order valence-electron chi connectivity index (χ0n) is 17.8. The van der Waals surface area contributed by atoms with Gasteiger partial charge in [-0.2, -0.15) is 5.10 Å². The highest BCUT2D eigenvalue weighted by Crippen LogP contribution is 2.32. The molecule has 164 valence electrons. The maximum absolute atomic E-state index is 6.07. The Labute approximate surface area is 185 Å². The molecule has 0 radical (unpaired) electrons. The third-order valence-electron chi connectivity index (χ3n) is 5.77. The number of hydrazone groups is 1. The first-order chi connectivity index (χ1) is 15.7. The normalized spacial score (nSPS) is 15.8. The fraction of sp³-hybridized carbons (Fsp3) is 0.250. The molecule has 5 rings (SSSR count). The van der Waals surface area contributed by atoms with E-state index in [4.69, 9.17) is 15.3 Å². The topological polar surface area (TPSA) is 105 Å². The van der Waals surface area contributed by atoms with Crippen LogP contribution < -0.4 is 5.84 Å². The Morgan fingerprint density at radius 1 is 1.19 bits per heavy atom. The number of aromatic nitrogens is 3. The molecule has 1 aliphatic rings. The first-order valence-corrected chi connectivity index (χ1v) is 10.7. The summed E-state index contributed by atoms with van der Waals surface area (Å²) in [6, 6.07) is 12.4. The lowest BCUT2D eigenvalue weighted by molar-refractivity contribution is 0.141. The number of nitrogens with two attached hydrogens (primary N) is 1. The average Bonchev–Trinajstić information content (AvgIpc) is 3.41. The quantitative estimate of drug-likeness (QED) is 0.148. The monoisotopic (exact) mass is 430 g/mol. The minimum absolute atomic E-state index is 0.315. The SMILES string of the molecule is C=C(CN1CCCOCC1)O/C(=N\N)c1cc(-c2cccc3[nH]ccc23)cc2[nH]ncc12. The Balaban J connectivity index is 1.47. The van der Waals surface area contributed by atoms with Gasteiger partial charge in [0.25, 0.3) is 0 Å². The Hall–Kier alpha value is -3.62. The Kier molecular flexibility index (Phi) is 5.62. The van der Waals surface area contributed by atoms with Gasteiger partial charge in [0, 0.05) is 42.2 Å². The molecule has 8 heteroatoms. The van der Waals surface area contributed by atoms with Gasteiger partial charge in [0.05, 0.1) is 30.4 Å². The summed E-state index contributed by atoms with van der Waals surface area (Å²) < 4.78 is 11.6. The van der Waals surface area contributed by atoms with Crippen LogP contribution in [0.25, 0.3) is 32.9 Å². The molecule has 0 atom stereocenters. The highest BCUT2D eigenvalue weighted by molar-refractivity contribution is 6.09. The van der Waals surface area contributed by atoms with Crippen molar-refractivity contribution < 1.29 is 9.47 Å². The zero-order valence-corrected chi connectivity index (χ0v) is 17.8. The van der Waals surface area contributed by atoms with Crippen LogP contribution in [0.1, 0.15) is 12.0 Å². The van der Waals surface area contributed by atoms with Crippen LogP contribution in [0.15, 0.2) is 66.2 Å². The fourth-order valence-corrected chi connectivity index (χ4v) is 4.25. The van der Waals surface area contributed by atoms with Gasteiger partial charge in [-0.1, -0.05) is 18.7 Å². The van der Waals surface area contributed by atoms with E-state index in [1.807, 2.05) is 18.3 Å². The van der Waals surface area contributed by atoms with Crippen molar-refractivity contribution in [2.24, 2.45) is 10.9 Å². The minimum atomic E-state index is 0.315. The summed E-state index contributed by atoms with van der Waals surface area (Å²) in [6.45, 7) is 8.00. The number of benzene rings is 2. The number of ether oxygens (including phenoxy) is 2. The highest BCUT2D eigenvalue weighted by atomic mass is 16.5. The maximum atomic E-state index is 6.07. The molecule has 3 heterocycles. The van der Waals surface area contributed by atoms with Crippen molar-refractivity contribution in [3.05, 3.63) is 66.7 Å². The van der Waals surface area contributed by atoms with Gasteiger partial charge in [-0.15, -0.1) is 5.10 Å². The van der Waals surface area contributed by atoms with E-state index in [1.165, 1.54) is 0 Å². The predicted molar refractivity (Wildman–Crippen MR) is 126 cm³/mol. The lowest BCUT2D eigenvalue weighted by atomic mass is 9.97. The lowest BCUT2D eigenvalue weighted by Crippen LogP contribution is -2.29. The van der Waals surface area contributed by atoms with Crippen LogP contribution in [0.2, 0.25) is 0 Å². The maximum Gasteiger partial charge on any atom is 0.243 e. The van der Waals surface area contributed by atoms with Crippen molar-refractivity contribution >= 4 is 27.7 Å². The number of rotatable bonds is 5. The molecule has 2 aromatic heterocycles. The Morgan fingerprint density at radius 3 is 3.03 bits per heavy atom. The van der Waals surface area contributed by atoms with Crippen molar-refractivity contribution in [2.45, 2.75) is 6.42 Å². The molecule has 0 aliphatic carbocycles. The van der Waals surface area contributed by atoms with Crippen molar-refractivity contribution in [2.75, 3.05) is 32.8 Å². The molecule has 0 unspecified atom stereocenters. The fourth-order valence-electron chi connectivity index (χ4n) is 4.25. The van der Waals surface area contributed by atoms with Crippen LogP contribution in [0.4, 0.5) is 0 Å². The molecule has 32 heavy (non-hydrogen) atoms. The van der Waals surface area contributed by atoms with E-state index in [2.05, 4.69) is 56.0 Å². The van der Waals surface area contributed by atoms with Gasteiger partial charge in [-0.05, 0) is 41.8 Å². The summed E-state index contributed by atoms with van der Waals surface area (Å²) in [6.07, 6.45) is 4.69. The Bertz CT molecular complexity index is 1280. The minimum Gasteiger partial charge on any atom is -0.441 e. The number of nitrogens with one attached hydrogen (secondary N) is 2. The van der Waals surface area contributed by atoms with Gasteiger partial charge in [-0.3, -0.25) is 10.00 Å². The second kappa shape index (κ2) is 8.86. The third kappa shape index (κ3) is 3.98. The van der Waals surface area contributed by atoms with Crippen LogP contribution in [0.5, 0.6) is 0 Å². The van der Waals surface area contributed by atoms with E-state index >= 15 is 0 Å². The van der Waals surface area contributed by atoms with Crippen LogP contribution in [-0.2, 0) is 9.47 Å². The van der Waals surface area contributed by atoms with Gasteiger partial charge in [0.15, 0.2) is 0 Å². The molecular formula is C24H26N6O2. The van der Waals surface area contributed by atoms with Gasteiger partial charge in [-0.25, -0.2) is 0 Å². The molecule has 4 aromatic rings. The standard InChI is InChI=1S/C24H26N6O2/c1-16(15-30-8-3-10-31-11-9-30)32-24(28-25)20-12-17(13-23-21(20)14-27-29-23)18-4-2-5-22-19(18)6-7-26-22/h2,4-7,12-14,26H,1,3,8-11,15,25H2,(H,27,29)/b28-24-. The van der Waals surface area contributed by atoms with Crippen molar-refractivity contribution in [3.63, 3.8) is 0 Å². The third-order valence-corrected chi connectivity index (χ3v) is 5.77. The van der Waals surface area contributed by atoms with Gasteiger partial charge in [0.2, 0.25) is 5.90 Å². The molecular weight excluding hydrogens is 404 g/mol. The van der Waals surface area contributed by atoms with Crippen LogP contribution in [-0.4, -0.2) is 58.8 Å². The van der Waals surface area contributed by atoms with E-state index in [-0.39, 0.29) is 0 Å². The number of hydrogen-bond donors (Lipinski definition) is 3. The summed E-state index contributed by atoms with van der Waals surface area (Å²) in [5.74, 6) is 6.69. The van der Waals surface area contributed by atoms with Gasteiger partial charge >= 0.3 is 0 Å². The van der Waals surface area contributed by atoms with Crippen molar-refractivity contribution in [1.29, 1.82) is 0 Å². The van der Waals surface area contributed by atoms with E-state index in [0.29, 0.717) is 24.8 Å². The van der Waals surface area contributed by atoms with E-state index < -0.39 is 0 Å². The molecule has 8 nitrogen and oxygen atoms in total. The van der Waals surface area contributed by atoms with Crippen LogP contribution >= 0.6 is 0 Å². The predicted octanol–water partition coefficient (Wildman–Crippen LogP) is 3.58. The smallest absolute Gasteiger partial charge is 0.243 e. The molecule has 1 saturated heterocycles. The second-order valence-electron chi connectivity index (χ2n) is 7.92. The summed E-state index contributed by atoms with van der Waals surface area (Å²) in [4.78, 5) is 5.53. The molecule has 2 aromatic carbocycles. The number of H-pyrrole nitrogens is 2. The molecule has 4 N–H and O–H groups in total. The summed E-state index contributed by atoms with van der Waals surface area (Å²) in [7, 11) is 0. The molecule has 1 fully saturated rings. The van der Waals surface area contributed by atoms with E-state index in [0.717, 1.165) is 64.6 Å². The van der Waals surface area contributed by atoms with Gasteiger partial charge in [0.1, 0.15) is 5.76 Å². The molecule has 0 bridgehead atoms. The largest absolute Gasteiger partial charge is 0.441 e. The number of nitrogens with zero attached hydrogens (tertiary/aromatic N) is 3. The first kappa shape index (κ1) is 20.3. The van der Waals surface area contributed by atoms with Crippen LogP contribution in [0, 0.1) is 0 Å². The van der Waals surface area contributed by atoms with E-state index in [9.17, 15) is 0 Å². The molecule has 0 spiro atoms. The lowest BCUT2D eigenvalue weighted by Gasteiger charge is -2.21. The average molecular weight is 431 g/mol. The first-order valence-electron chi connectivity index (χ1n) is 10.7. The molecule has 0 amide bonds. The van der Waals surface area contributed by atoms with E-state index in [1.54, 1.807) is 6.20 Å². The molecule has 0 saturated carbocycles. The van der Waals surface area contributed by atoms with Crippen LogP contribution in [0.3, 0.4) is 0 Å². The second-order valence-corrected chi connectivity index (χ2v) is 7.92. The molecule has 1 aliphatic heterocycles.